The van der Waals surface area contributed by atoms with Crippen LogP contribution in [0.4, 0.5) is 0 Å². The normalized spacial score (nSPS) is 49.9. The summed E-state index contributed by atoms with van der Waals surface area (Å²) in [5.41, 5.74) is 1.34. The van der Waals surface area contributed by atoms with E-state index in [0.29, 0.717) is 42.3 Å². The van der Waals surface area contributed by atoms with Gasteiger partial charge in [-0.05, 0) is 91.9 Å². The van der Waals surface area contributed by atoms with Crippen molar-refractivity contribution in [2.45, 2.75) is 84.2 Å². The molecule has 1 spiro atoms. The van der Waals surface area contributed by atoms with Crippen molar-refractivity contribution in [1.82, 2.24) is 0 Å². The summed E-state index contributed by atoms with van der Waals surface area (Å²) < 4.78 is 6.08. The Morgan fingerprint density at radius 3 is 2.50 bits per heavy atom. The van der Waals surface area contributed by atoms with E-state index in [2.05, 4.69) is 20.8 Å². The first-order valence-corrected chi connectivity index (χ1v) is 11.6. The Hall–Kier alpha value is -1.03. The van der Waals surface area contributed by atoms with Gasteiger partial charge in [0.15, 0.2) is 5.78 Å². The summed E-state index contributed by atoms with van der Waals surface area (Å²) >= 11 is 5.79. The highest BCUT2D eigenvalue weighted by molar-refractivity contribution is 7.80. The largest absolute Gasteiger partial charge is 0.458 e. The van der Waals surface area contributed by atoms with Crippen molar-refractivity contribution in [3.8, 4) is 0 Å². The highest BCUT2D eigenvalue weighted by atomic mass is 32.1. The molecule has 5 rings (SSSR count). The number of carbonyl (C=O) groups is 2. The van der Waals surface area contributed by atoms with Crippen LogP contribution in [0.3, 0.4) is 0 Å². The molecule has 4 aliphatic carbocycles. The first kappa shape index (κ1) is 19.0. The van der Waals surface area contributed by atoms with E-state index in [4.69, 9.17) is 17.0 Å². The Kier molecular flexibility index (Phi) is 4.06. The van der Waals surface area contributed by atoms with Gasteiger partial charge in [0.2, 0.25) is 0 Å². The fourth-order valence-electron chi connectivity index (χ4n) is 8.27. The molecule has 3 saturated carbocycles. The maximum Gasteiger partial charge on any atom is 0.306 e. The van der Waals surface area contributed by atoms with Gasteiger partial charge in [-0.2, -0.15) is 0 Å². The van der Waals surface area contributed by atoms with Crippen molar-refractivity contribution < 1.29 is 14.3 Å². The lowest BCUT2D eigenvalue weighted by Crippen LogP contribution is -2.57. The van der Waals surface area contributed by atoms with Gasteiger partial charge in [0, 0.05) is 18.3 Å². The Labute approximate surface area is 173 Å². The molecule has 0 radical (unpaired) electrons. The van der Waals surface area contributed by atoms with Crippen LogP contribution in [0.1, 0.15) is 78.6 Å². The number of ketones is 1. The molecule has 1 heterocycles. The van der Waals surface area contributed by atoms with Gasteiger partial charge < -0.3 is 4.74 Å². The lowest BCUT2D eigenvalue weighted by molar-refractivity contribution is -0.169. The minimum absolute atomic E-state index is 0.00169. The van der Waals surface area contributed by atoms with E-state index >= 15 is 0 Å². The second-order valence-corrected chi connectivity index (χ2v) is 11.4. The second-order valence-electron chi connectivity index (χ2n) is 10.7. The number of hydrogen-bond donors (Lipinski definition) is 0. The summed E-state index contributed by atoms with van der Waals surface area (Å²) in [6.07, 6.45) is 10.5. The fraction of sp³-hybridized carbons (Fsp3) is 0.792. The highest BCUT2D eigenvalue weighted by Crippen LogP contribution is 2.70. The van der Waals surface area contributed by atoms with E-state index in [0.717, 1.165) is 49.8 Å². The number of esters is 1. The van der Waals surface area contributed by atoms with Crippen molar-refractivity contribution in [3.63, 3.8) is 0 Å². The van der Waals surface area contributed by atoms with E-state index < -0.39 is 0 Å². The summed E-state index contributed by atoms with van der Waals surface area (Å²) in [6, 6.07) is 0. The first-order valence-electron chi connectivity index (χ1n) is 11.2. The average Bonchev–Trinajstić information content (AvgIpc) is 3.16. The highest BCUT2D eigenvalue weighted by Gasteiger charge is 2.68. The Morgan fingerprint density at radius 2 is 1.82 bits per heavy atom. The zero-order valence-electron chi connectivity index (χ0n) is 17.4. The predicted octanol–water partition coefficient (Wildman–Crippen LogP) is 5.21. The number of thiocarbonyl (C=S) groups is 1. The lowest BCUT2D eigenvalue weighted by Gasteiger charge is -2.61. The van der Waals surface area contributed by atoms with Crippen LogP contribution in [0, 0.1) is 34.5 Å². The molecule has 7 atom stereocenters. The number of fused-ring (bicyclic) bond motifs is 6. The summed E-state index contributed by atoms with van der Waals surface area (Å²) in [7, 11) is 0. The van der Waals surface area contributed by atoms with E-state index in [1.54, 1.807) is 0 Å². The van der Waals surface area contributed by atoms with E-state index in [9.17, 15) is 9.59 Å². The van der Waals surface area contributed by atoms with Crippen LogP contribution in [-0.4, -0.2) is 22.2 Å². The summed E-state index contributed by atoms with van der Waals surface area (Å²) in [4.78, 5) is 25.3. The number of rotatable bonds is 1. The molecule has 0 aromatic carbocycles. The molecule has 5 aliphatic rings. The van der Waals surface area contributed by atoms with Crippen LogP contribution in [0.2, 0.25) is 0 Å². The van der Waals surface area contributed by atoms with Crippen LogP contribution in [0.15, 0.2) is 11.6 Å². The molecule has 4 heteroatoms. The standard InChI is InChI=1S/C24H32O3S/c1-14(28)17-13-15-12-16(25)4-8-22(15,2)18-5-9-23(3)19(21(17)18)6-10-24(23)11-7-20(26)27-24/h12,17-19,21H,4-11,13H2,1-3H3/t17-,18?,19?,21?,22-,23-,24-/m0/s1. The first-order chi connectivity index (χ1) is 13.2. The van der Waals surface area contributed by atoms with Crippen molar-refractivity contribution in [2.24, 2.45) is 34.5 Å². The monoisotopic (exact) mass is 400 g/mol. The van der Waals surface area contributed by atoms with E-state index in [1.165, 1.54) is 5.57 Å². The molecule has 3 unspecified atom stereocenters. The van der Waals surface area contributed by atoms with Crippen LogP contribution in [0.5, 0.6) is 0 Å². The van der Waals surface area contributed by atoms with Gasteiger partial charge in [0.05, 0.1) is 0 Å². The second kappa shape index (κ2) is 6.00. The van der Waals surface area contributed by atoms with Crippen molar-refractivity contribution in [3.05, 3.63) is 11.6 Å². The molecular formula is C24H32O3S. The van der Waals surface area contributed by atoms with Crippen molar-refractivity contribution >= 4 is 28.8 Å². The lowest BCUT2D eigenvalue weighted by atomic mass is 9.44. The minimum Gasteiger partial charge on any atom is -0.458 e. The van der Waals surface area contributed by atoms with Crippen LogP contribution in [0.25, 0.3) is 0 Å². The molecule has 0 aromatic rings. The zero-order valence-corrected chi connectivity index (χ0v) is 18.2. The van der Waals surface area contributed by atoms with Gasteiger partial charge in [-0.3, -0.25) is 9.59 Å². The van der Waals surface area contributed by atoms with Crippen LogP contribution < -0.4 is 0 Å². The molecule has 3 nitrogen and oxygen atoms in total. The molecule has 4 fully saturated rings. The smallest absolute Gasteiger partial charge is 0.306 e. The van der Waals surface area contributed by atoms with Crippen LogP contribution >= 0.6 is 12.2 Å². The fourth-order valence-corrected chi connectivity index (χ4v) is 8.51. The topological polar surface area (TPSA) is 43.4 Å². The van der Waals surface area contributed by atoms with E-state index in [-0.39, 0.29) is 22.4 Å². The predicted molar refractivity (Wildman–Crippen MR) is 112 cm³/mol. The number of hydrogen-bond acceptors (Lipinski definition) is 4. The molecular weight excluding hydrogens is 368 g/mol. The Bertz CT molecular complexity index is 800. The molecule has 0 amide bonds. The average molecular weight is 401 g/mol. The van der Waals surface area contributed by atoms with Gasteiger partial charge >= 0.3 is 5.97 Å². The Morgan fingerprint density at radius 1 is 1.07 bits per heavy atom. The third-order valence-corrected chi connectivity index (χ3v) is 10.2. The molecule has 152 valence electrons. The third kappa shape index (κ3) is 2.30. The van der Waals surface area contributed by atoms with Gasteiger partial charge in [-0.25, -0.2) is 0 Å². The van der Waals surface area contributed by atoms with Crippen molar-refractivity contribution in [1.29, 1.82) is 0 Å². The van der Waals surface area contributed by atoms with Gasteiger partial charge in [-0.1, -0.05) is 31.6 Å². The quantitative estimate of drug-likeness (QED) is 0.448. The number of ether oxygens (including phenoxy) is 1. The van der Waals surface area contributed by atoms with Gasteiger partial charge in [0.1, 0.15) is 5.60 Å². The maximum atomic E-state index is 12.2. The van der Waals surface area contributed by atoms with Gasteiger partial charge in [0.25, 0.3) is 0 Å². The number of allylic oxidation sites excluding steroid dienone is 1. The van der Waals surface area contributed by atoms with Crippen LogP contribution in [-0.2, 0) is 14.3 Å². The summed E-state index contributed by atoms with van der Waals surface area (Å²) in [6.45, 7) is 6.94. The Balaban J connectivity index is 1.57. The SMILES string of the molecule is CC(=S)[C@@H]1CC2=CC(=O)CC[C@]2(C)C2CC[C@@]3(C)C(CC[C@]34CCC(=O)O4)C21. The molecule has 1 saturated heterocycles. The molecule has 28 heavy (non-hydrogen) atoms. The van der Waals surface area contributed by atoms with Gasteiger partial charge in [-0.15, -0.1) is 0 Å². The molecule has 0 aromatic heterocycles. The van der Waals surface area contributed by atoms with Crippen molar-refractivity contribution in [2.75, 3.05) is 0 Å². The zero-order chi connectivity index (χ0) is 19.9. The summed E-state index contributed by atoms with van der Waals surface area (Å²) in [5, 5.41) is 0. The molecule has 0 N–H and O–H groups in total. The maximum absolute atomic E-state index is 12.2. The molecule has 0 bridgehead atoms. The third-order valence-electron chi connectivity index (χ3n) is 9.87. The summed E-state index contributed by atoms with van der Waals surface area (Å²) in [5.74, 6) is 2.39. The molecule has 1 aliphatic heterocycles. The van der Waals surface area contributed by atoms with E-state index in [1.807, 2.05) is 6.08 Å². The minimum atomic E-state index is -0.237. The number of carbonyl (C=O) groups excluding carboxylic acids is 2.